The maximum atomic E-state index is 12.3. The second-order valence-electron chi connectivity index (χ2n) is 6.23. The van der Waals surface area contributed by atoms with Gasteiger partial charge in [-0.2, -0.15) is 0 Å². The van der Waals surface area contributed by atoms with Crippen molar-refractivity contribution in [2.75, 3.05) is 34.9 Å². The van der Waals surface area contributed by atoms with E-state index in [0.29, 0.717) is 13.0 Å². The Morgan fingerprint density at radius 2 is 1.48 bits per heavy atom. The van der Waals surface area contributed by atoms with Crippen molar-refractivity contribution >= 4 is 5.91 Å². The Bertz CT molecular complexity index is 666. The molecule has 0 aliphatic rings. The quantitative estimate of drug-likeness (QED) is 0.758. The zero-order chi connectivity index (χ0) is 18.2. The largest absolute Gasteiger partial charge is 0.497 e. The van der Waals surface area contributed by atoms with Crippen molar-refractivity contribution in [2.45, 2.75) is 12.5 Å². The van der Waals surface area contributed by atoms with E-state index < -0.39 is 0 Å². The minimum atomic E-state index is 0.0185. The highest BCUT2D eigenvalue weighted by molar-refractivity contribution is 5.78. The molecule has 2 aromatic carbocycles. The average molecular weight is 343 g/mol. The summed E-state index contributed by atoms with van der Waals surface area (Å²) < 4.78 is 10.3. The maximum Gasteiger partial charge on any atom is 0.224 e. The van der Waals surface area contributed by atoms with Gasteiger partial charge in [-0.1, -0.05) is 12.1 Å². The number of quaternary nitrogens is 1. The van der Waals surface area contributed by atoms with Crippen LogP contribution >= 0.6 is 0 Å². The van der Waals surface area contributed by atoms with E-state index in [2.05, 4.69) is 19.4 Å². The zero-order valence-electron chi connectivity index (χ0n) is 15.3. The normalized spacial score (nSPS) is 11.9. The molecule has 1 amide bonds. The molecule has 5 heteroatoms. The predicted octanol–water partition coefficient (Wildman–Crippen LogP) is 1.25. The van der Waals surface area contributed by atoms with E-state index in [0.717, 1.165) is 17.1 Å². The summed E-state index contributed by atoms with van der Waals surface area (Å²) in [6.07, 6.45) is 0.363. The number of rotatable bonds is 8. The molecule has 2 rings (SSSR count). The van der Waals surface area contributed by atoms with Crippen LogP contribution in [0.15, 0.2) is 48.5 Å². The number of hydrogen-bond acceptors (Lipinski definition) is 3. The fourth-order valence-corrected chi connectivity index (χ4v) is 2.70. The molecule has 0 saturated heterocycles. The summed E-state index contributed by atoms with van der Waals surface area (Å²) in [5.41, 5.74) is 2.14. The molecule has 0 saturated carbocycles. The van der Waals surface area contributed by atoms with Crippen LogP contribution in [-0.2, 0) is 11.2 Å². The van der Waals surface area contributed by atoms with Gasteiger partial charge in [-0.3, -0.25) is 4.79 Å². The van der Waals surface area contributed by atoms with Crippen LogP contribution in [0, 0.1) is 0 Å². The molecule has 0 heterocycles. The molecule has 25 heavy (non-hydrogen) atoms. The van der Waals surface area contributed by atoms with Gasteiger partial charge in [0.2, 0.25) is 5.91 Å². The lowest BCUT2D eigenvalue weighted by Crippen LogP contribution is -3.07. The number of carbonyl (C=O) groups is 1. The van der Waals surface area contributed by atoms with E-state index >= 15 is 0 Å². The molecule has 0 aromatic heterocycles. The van der Waals surface area contributed by atoms with Gasteiger partial charge in [-0.25, -0.2) is 0 Å². The fourth-order valence-electron chi connectivity index (χ4n) is 2.70. The molecular formula is C20H27N2O3+. The van der Waals surface area contributed by atoms with Crippen molar-refractivity contribution in [3.05, 3.63) is 59.7 Å². The first kappa shape index (κ1) is 18.8. The molecule has 1 atom stereocenters. The Morgan fingerprint density at radius 1 is 0.960 bits per heavy atom. The van der Waals surface area contributed by atoms with Gasteiger partial charge in [-0.05, 0) is 42.0 Å². The minimum Gasteiger partial charge on any atom is -0.497 e. The Balaban J connectivity index is 1.93. The molecule has 0 radical (unpaired) electrons. The second-order valence-corrected chi connectivity index (χ2v) is 6.23. The van der Waals surface area contributed by atoms with Gasteiger partial charge in [-0.15, -0.1) is 0 Å². The van der Waals surface area contributed by atoms with Gasteiger partial charge in [0, 0.05) is 5.56 Å². The minimum absolute atomic E-state index is 0.0185. The van der Waals surface area contributed by atoms with Gasteiger partial charge < -0.3 is 19.7 Å². The van der Waals surface area contributed by atoms with Crippen LogP contribution in [0.3, 0.4) is 0 Å². The van der Waals surface area contributed by atoms with Crippen molar-refractivity contribution in [3.63, 3.8) is 0 Å². The highest BCUT2D eigenvalue weighted by Gasteiger charge is 2.19. The Morgan fingerprint density at radius 3 is 1.96 bits per heavy atom. The number of nitrogens with one attached hydrogen (secondary N) is 2. The van der Waals surface area contributed by atoms with Crippen molar-refractivity contribution in [1.29, 1.82) is 0 Å². The number of carbonyl (C=O) groups excluding carboxylic acids is 1. The molecule has 0 aliphatic carbocycles. The van der Waals surface area contributed by atoms with Gasteiger partial charge in [0.15, 0.2) is 0 Å². The van der Waals surface area contributed by atoms with Gasteiger partial charge in [0.05, 0.1) is 41.3 Å². The van der Waals surface area contributed by atoms with Crippen LogP contribution in [0.2, 0.25) is 0 Å². The smallest absolute Gasteiger partial charge is 0.224 e. The summed E-state index contributed by atoms with van der Waals surface area (Å²) in [6, 6.07) is 15.7. The zero-order valence-corrected chi connectivity index (χ0v) is 15.3. The van der Waals surface area contributed by atoms with Crippen LogP contribution < -0.4 is 19.7 Å². The third kappa shape index (κ3) is 5.50. The summed E-state index contributed by atoms with van der Waals surface area (Å²) in [6.45, 7) is 0.587. The topological polar surface area (TPSA) is 52.0 Å². The van der Waals surface area contributed by atoms with Crippen LogP contribution in [0.25, 0.3) is 0 Å². The first-order valence-electron chi connectivity index (χ1n) is 8.37. The summed E-state index contributed by atoms with van der Waals surface area (Å²) in [5, 5.41) is 3.05. The molecular weight excluding hydrogens is 316 g/mol. The first-order chi connectivity index (χ1) is 12.0. The summed E-state index contributed by atoms with van der Waals surface area (Å²) >= 11 is 0. The van der Waals surface area contributed by atoms with Crippen LogP contribution in [0.4, 0.5) is 0 Å². The van der Waals surface area contributed by atoms with Crippen LogP contribution in [0.5, 0.6) is 11.5 Å². The lowest BCUT2D eigenvalue weighted by Gasteiger charge is -2.22. The molecule has 5 nitrogen and oxygen atoms in total. The molecule has 0 aliphatic heterocycles. The summed E-state index contributed by atoms with van der Waals surface area (Å²) in [5.74, 6) is 1.64. The third-order valence-electron chi connectivity index (χ3n) is 4.24. The number of amides is 1. The highest BCUT2D eigenvalue weighted by atomic mass is 16.5. The van der Waals surface area contributed by atoms with Crippen LogP contribution in [0.1, 0.15) is 17.2 Å². The molecule has 0 bridgehead atoms. The van der Waals surface area contributed by atoms with E-state index in [-0.39, 0.29) is 11.9 Å². The summed E-state index contributed by atoms with van der Waals surface area (Å²) in [7, 11) is 7.46. The van der Waals surface area contributed by atoms with E-state index in [1.54, 1.807) is 14.2 Å². The lowest BCUT2D eigenvalue weighted by molar-refractivity contribution is -0.890. The molecule has 2 N–H and O–H groups in total. The molecule has 0 unspecified atom stereocenters. The lowest BCUT2D eigenvalue weighted by atomic mass is 10.1. The number of hydrogen-bond donors (Lipinski definition) is 2. The number of likely N-dealkylation sites (N-methyl/N-ethyl adjacent to an activating group) is 1. The Kier molecular flexibility index (Phi) is 6.83. The third-order valence-corrected chi connectivity index (χ3v) is 4.24. The van der Waals surface area contributed by atoms with Crippen molar-refractivity contribution in [2.24, 2.45) is 0 Å². The predicted molar refractivity (Wildman–Crippen MR) is 98.3 cm³/mol. The van der Waals surface area contributed by atoms with E-state index in [9.17, 15) is 4.79 Å². The van der Waals surface area contributed by atoms with Gasteiger partial charge in [0.25, 0.3) is 0 Å². The highest BCUT2D eigenvalue weighted by Crippen LogP contribution is 2.16. The SMILES string of the molecule is COc1ccc(CC(=O)NC[C@H](c2ccc(OC)cc2)[NH+](C)C)cc1. The average Bonchev–Trinajstić information content (AvgIpc) is 2.62. The monoisotopic (exact) mass is 343 g/mol. The van der Waals surface area contributed by atoms with Gasteiger partial charge >= 0.3 is 0 Å². The van der Waals surface area contributed by atoms with Gasteiger partial charge in [0.1, 0.15) is 17.5 Å². The maximum absolute atomic E-state index is 12.3. The number of ether oxygens (including phenoxy) is 2. The molecule has 134 valence electrons. The first-order valence-corrected chi connectivity index (χ1v) is 8.37. The molecule has 0 fully saturated rings. The van der Waals surface area contributed by atoms with Crippen LogP contribution in [-0.4, -0.2) is 40.8 Å². The Labute approximate surface area is 149 Å². The molecule has 0 spiro atoms. The molecule has 2 aromatic rings. The number of benzene rings is 2. The van der Waals surface area contributed by atoms with E-state index in [1.165, 1.54) is 10.5 Å². The van der Waals surface area contributed by atoms with E-state index in [1.807, 2.05) is 48.5 Å². The van der Waals surface area contributed by atoms with E-state index in [4.69, 9.17) is 9.47 Å². The standard InChI is InChI=1S/C20H26N2O3/c1-22(2)19(16-7-11-18(25-4)12-8-16)14-21-20(23)13-15-5-9-17(24-3)10-6-15/h5-12,19H,13-14H2,1-4H3,(H,21,23)/p+1/t19-/m1/s1. The van der Waals surface area contributed by atoms with Crippen molar-refractivity contribution < 1.29 is 19.2 Å². The fraction of sp³-hybridized carbons (Fsp3) is 0.350. The van der Waals surface area contributed by atoms with Crippen molar-refractivity contribution in [3.8, 4) is 11.5 Å². The second kappa shape index (κ2) is 9.08. The Hall–Kier alpha value is -2.53. The van der Waals surface area contributed by atoms with Crippen molar-refractivity contribution in [1.82, 2.24) is 5.32 Å². The summed E-state index contributed by atoms with van der Waals surface area (Å²) in [4.78, 5) is 13.5. The number of methoxy groups -OCH3 is 2.